The van der Waals surface area contributed by atoms with Crippen LogP contribution in [0.2, 0.25) is 0 Å². The Labute approximate surface area is 164 Å². The van der Waals surface area contributed by atoms with Crippen LogP contribution in [0.1, 0.15) is 55.1 Å². The first kappa shape index (κ1) is 18.9. The molecule has 4 rings (SSSR count). The molecule has 2 heterocycles. The van der Waals surface area contributed by atoms with Crippen LogP contribution in [0.25, 0.3) is 0 Å². The third-order valence-electron chi connectivity index (χ3n) is 5.77. The number of nitrogens with one attached hydrogen (secondary N) is 1. The van der Waals surface area contributed by atoms with Crippen LogP contribution in [0, 0.1) is 5.82 Å². The molecule has 1 aliphatic carbocycles. The fourth-order valence-corrected chi connectivity index (χ4v) is 4.14. The number of benzene rings is 1. The highest BCUT2D eigenvalue weighted by atomic mass is 19.1. The molecule has 1 saturated heterocycles. The van der Waals surface area contributed by atoms with Crippen molar-refractivity contribution in [2.75, 3.05) is 18.4 Å². The molecule has 1 aromatic carbocycles. The summed E-state index contributed by atoms with van der Waals surface area (Å²) in [4.78, 5) is 14.7. The molecule has 150 valence electrons. The molecule has 2 fully saturated rings. The van der Waals surface area contributed by atoms with Crippen molar-refractivity contribution in [3.63, 3.8) is 0 Å². The zero-order chi connectivity index (χ0) is 19.5. The van der Waals surface area contributed by atoms with Gasteiger partial charge in [-0.2, -0.15) is 0 Å². The van der Waals surface area contributed by atoms with Crippen molar-refractivity contribution in [2.45, 2.75) is 56.7 Å². The molecule has 3 N–H and O–H groups in total. The summed E-state index contributed by atoms with van der Waals surface area (Å²) in [6, 6.07) is 7.01. The highest BCUT2D eigenvalue weighted by Crippen LogP contribution is 2.27. The second-order valence-corrected chi connectivity index (χ2v) is 7.89. The number of piperidine rings is 1. The lowest BCUT2D eigenvalue weighted by Crippen LogP contribution is -2.45. The van der Waals surface area contributed by atoms with Gasteiger partial charge in [-0.15, -0.1) is 5.10 Å². The lowest BCUT2D eigenvalue weighted by atomic mass is 9.92. The van der Waals surface area contributed by atoms with E-state index in [0.717, 1.165) is 44.2 Å². The van der Waals surface area contributed by atoms with Crippen LogP contribution in [0.3, 0.4) is 0 Å². The van der Waals surface area contributed by atoms with Crippen LogP contribution in [0.15, 0.2) is 30.5 Å². The summed E-state index contributed by atoms with van der Waals surface area (Å²) in [5.74, 6) is -0.335. The molecule has 8 heteroatoms. The maximum absolute atomic E-state index is 13.1. The Kier molecular flexibility index (Phi) is 5.57. The summed E-state index contributed by atoms with van der Waals surface area (Å²) < 4.78 is 14.9. The second kappa shape index (κ2) is 8.26. The van der Waals surface area contributed by atoms with Gasteiger partial charge in [-0.3, -0.25) is 4.79 Å². The highest BCUT2D eigenvalue weighted by molar-refractivity contribution is 5.92. The summed E-state index contributed by atoms with van der Waals surface area (Å²) in [7, 11) is 0. The number of nitrogens with two attached hydrogens (primary N) is 1. The van der Waals surface area contributed by atoms with Gasteiger partial charge in [0.2, 0.25) is 0 Å². The molecule has 1 aliphatic heterocycles. The zero-order valence-corrected chi connectivity index (χ0v) is 15.9. The lowest BCUT2D eigenvalue weighted by molar-refractivity contribution is 0.0708. The number of anilines is 1. The molecule has 1 atom stereocenters. The van der Waals surface area contributed by atoms with Gasteiger partial charge in [0.05, 0.1) is 12.2 Å². The fourth-order valence-electron chi connectivity index (χ4n) is 4.14. The van der Waals surface area contributed by atoms with E-state index in [2.05, 4.69) is 15.6 Å². The Bertz CT molecular complexity index is 799. The zero-order valence-electron chi connectivity index (χ0n) is 15.9. The van der Waals surface area contributed by atoms with Crippen molar-refractivity contribution in [1.82, 2.24) is 19.9 Å². The first-order valence-corrected chi connectivity index (χ1v) is 10.1. The molecule has 7 nitrogen and oxygen atoms in total. The van der Waals surface area contributed by atoms with Crippen molar-refractivity contribution < 1.29 is 9.18 Å². The summed E-state index contributed by atoms with van der Waals surface area (Å²) in [5.41, 5.74) is 7.23. The van der Waals surface area contributed by atoms with Crippen molar-refractivity contribution in [3.05, 3.63) is 42.0 Å². The summed E-state index contributed by atoms with van der Waals surface area (Å²) in [6.45, 7) is 1.31. The van der Waals surface area contributed by atoms with E-state index in [1.54, 1.807) is 18.3 Å². The number of aromatic nitrogens is 3. The van der Waals surface area contributed by atoms with Crippen molar-refractivity contribution in [3.8, 4) is 0 Å². The topological polar surface area (TPSA) is 89.1 Å². The van der Waals surface area contributed by atoms with Crippen molar-refractivity contribution >= 4 is 11.6 Å². The third kappa shape index (κ3) is 4.32. The van der Waals surface area contributed by atoms with Gasteiger partial charge < -0.3 is 16.0 Å². The van der Waals surface area contributed by atoms with Gasteiger partial charge in [0.25, 0.3) is 5.91 Å². The molecule has 0 spiro atoms. The molecule has 2 aliphatic rings. The number of carbonyl (C=O) groups is 1. The van der Waals surface area contributed by atoms with E-state index in [-0.39, 0.29) is 29.8 Å². The van der Waals surface area contributed by atoms with Gasteiger partial charge in [-0.1, -0.05) is 5.21 Å². The Hall–Kier alpha value is -2.48. The normalized spacial score (nSPS) is 25.5. The van der Waals surface area contributed by atoms with E-state index in [1.807, 2.05) is 9.58 Å². The molecule has 0 radical (unpaired) electrons. The van der Waals surface area contributed by atoms with Crippen molar-refractivity contribution in [1.29, 1.82) is 0 Å². The largest absolute Gasteiger partial charge is 0.381 e. The summed E-state index contributed by atoms with van der Waals surface area (Å²) in [6.07, 6.45) is 7.58. The Morgan fingerprint density at radius 1 is 1.14 bits per heavy atom. The third-order valence-corrected chi connectivity index (χ3v) is 5.77. The van der Waals surface area contributed by atoms with E-state index in [9.17, 15) is 9.18 Å². The van der Waals surface area contributed by atoms with E-state index >= 15 is 0 Å². The van der Waals surface area contributed by atoms with Crippen LogP contribution in [-0.2, 0) is 0 Å². The molecule has 1 amide bonds. The predicted molar refractivity (Wildman–Crippen MR) is 104 cm³/mol. The molecule has 28 heavy (non-hydrogen) atoms. The Morgan fingerprint density at radius 2 is 1.89 bits per heavy atom. The van der Waals surface area contributed by atoms with Crippen LogP contribution in [-0.4, -0.2) is 51.0 Å². The van der Waals surface area contributed by atoms with E-state index in [4.69, 9.17) is 5.73 Å². The van der Waals surface area contributed by atoms with Crippen LogP contribution in [0.4, 0.5) is 10.1 Å². The van der Waals surface area contributed by atoms with Crippen molar-refractivity contribution in [2.24, 2.45) is 5.73 Å². The number of carbonyl (C=O) groups excluding carboxylic acids is 1. The minimum Gasteiger partial charge on any atom is -0.381 e. The number of rotatable bonds is 4. The molecule has 1 aromatic heterocycles. The monoisotopic (exact) mass is 386 g/mol. The fraction of sp³-hybridized carbons (Fsp3) is 0.550. The smallest absolute Gasteiger partial charge is 0.276 e. The number of hydrogen-bond donors (Lipinski definition) is 2. The minimum atomic E-state index is -0.256. The van der Waals surface area contributed by atoms with Gasteiger partial charge in [-0.25, -0.2) is 9.07 Å². The molecule has 0 bridgehead atoms. The lowest BCUT2D eigenvalue weighted by Gasteiger charge is -2.33. The predicted octanol–water partition coefficient (Wildman–Crippen LogP) is 2.58. The summed E-state index contributed by atoms with van der Waals surface area (Å²) in [5, 5.41) is 11.7. The van der Waals surface area contributed by atoms with Gasteiger partial charge in [0.15, 0.2) is 5.69 Å². The molecular weight excluding hydrogens is 359 g/mol. The number of halogens is 1. The van der Waals surface area contributed by atoms with Gasteiger partial charge >= 0.3 is 0 Å². The quantitative estimate of drug-likeness (QED) is 0.843. The van der Waals surface area contributed by atoms with Crippen LogP contribution >= 0.6 is 0 Å². The average Bonchev–Trinajstić information content (AvgIpc) is 3.20. The molecule has 2 aromatic rings. The second-order valence-electron chi connectivity index (χ2n) is 7.89. The number of nitrogens with zero attached hydrogens (tertiary/aromatic N) is 4. The van der Waals surface area contributed by atoms with E-state index < -0.39 is 0 Å². The highest BCUT2D eigenvalue weighted by Gasteiger charge is 2.27. The number of amides is 1. The first-order valence-electron chi connectivity index (χ1n) is 10.1. The molecule has 1 saturated carbocycles. The molecule has 0 unspecified atom stereocenters. The first-order chi connectivity index (χ1) is 13.6. The minimum absolute atomic E-state index is 0.0793. The standard InChI is InChI=1S/C20H27FN6O/c21-14-3-7-16(8-4-14)23-17-2-1-11-26(12-17)20(28)19-13-27(25-24-19)18-9-5-15(22)6-10-18/h3-4,7-8,13,15,17-18,23H,1-2,5-6,9-12,22H2/t15?,17-,18?/m0/s1. The average molecular weight is 386 g/mol. The van der Waals surface area contributed by atoms with E-state index in [1.165, 1.54) is 12.1 Å². The Morgan fingerprint density at radius 3 is 2.64 bits per heavy atom. The van der Waals surface area contributed by atoms with Gasteiger partial charge in [0, 0.05) is 30.9 Å². The van der Waals surface area contributed by atoms with Crippen LogP contribution < -0.4 is 11.1 Å². The SMILES string of the molecule is NC1CCC(n2cc(C(=O)N3CCC[C@H](Nc4ccc(F)cc4)C3)nn2)CC1. The Balaban J connectivity index is 1.37. The van der Waals surface area contributed by atoms with Crippen LogP contribution in [0.5, 0.6) is 0 Å². The van der Waals surface area contributed by atoms with E-state index in [0.29, 0.717) is 18.8 Å². The number of hydrogen-bond acceptors (Lipinski definition) is 5. The van der Waals surface area contributed by atoms with Gasteiger partial charge in [-0.05, 0) is 62.8 Å². The van der Waals surface area contributed by atoms with Gasteiger partial charge in [0.1, 0.15) is 5.82 Å². The summed E-state index contributed by atoms with van der Waals surface area (Å²) >= 11 is 0. The number of likely N-dealkylation sites (tertiary alicyclic amines) is 1. The maximum Gasteiger partial charge on any atom is 0.276 e. The maximum atomic E-state index is 13.1. The molecular formula is C20H27FN6O.